The van der Waals surface area contributed by atoms with Gasteiger partial charge in [-0.15, -0.1) is 0 Å². The maximum atomic E-state index is 11.9. The lowest BCUT2D eigenvalue weighted by Gasteiger charge is -2.15. The summed E-state index contributed by atoms with van der Waals surface area (Å²) in [5.74, 6) is 6.70. The molecule has 4 rings (SSSR count). The first kappa shape index (κ1) is 24.4. The summed E-state index contributed by atoms with van der Waals surface area (Å²) in [5.41, 5.74) is 1.76. The van der Waals surface area contributed by atoms with Crippen LogP contribution in [-0.4, -0.2) is 34.0 Å². The van der Waals surface area contributed by atoms with Gasteiger partial charge in [-0.05, 0) is 56.0 Å². The number of hydrogen-bond donors (Lipinski definition) is 0. The summed E-state index contributed by atoms with van der Waals surface area (Å²) >= 11 is 0. The van der Waals surface area contributed by atoms with Gasteiger partial charge in [-0.1, -0.05) is 31.1 Å². The molecule has 3 heterocycles. The van der Waals surface area contributed by atoms with Gasteiger partial charge in [0.05, 0.1) is 11.8 Å². The molecule has 1 aromatic carbocycles. The summed E-state index contributed by atoms with van der Waals surface area (Å²) in [7, 11) is 0. The van der Waals surface area contributed by atoms with E-state index in [0.717, 1.165) is 86.4 Å². The largest absolute Gasteiger partial charge is 0.357 e. The van der Waals surface area contributed by atoms with Crippen LogP contribution in [0.4, 0.5) is 14.6 Å². The molecule has 0 amide bonds. The predicted molar refractivity (Wildman–Crippen MR) is 126 cm³/mol. The van der Waals surface area contributed by atoms with Crippen molar-refractivity contribution >= 4 is 17.8 Å². The van der Waals surface area contributed by atoms with Crippen molar-refractivity contribution in [2.45, 2.75) is 57.8 Å². The fourth-order valence-corrected chi connectivity index (χ4v) is 3.63. The van der Waals surface area contributed by atoms with Gasteiger partial charge in [0.1, 0.15) is 23.7 Å². The number of anilines is 1. The maximum Gasteiger partial charge on any atom is 0.172 e. The summed E-state index contributed by atoms with van der Waals surface area (Å²) in [6.45, 7) is 2.18. The van der Waals surface area contributed by atoms with Crippen molar-refractivity contribution in [2.75, 3.05) is 18.0 Å². The zero-order chi connectivity index (χ0) is 23.3. The molecule has 7 heteroatoms. The summed E-state index contributed by atoms with van der Waals surface area (Å²) in [6, 6.07) is 6.35. The van der Waals surface area contributed by atoms with Crippen LogP contribution in [0.1, 0.15) is 63.4 Å². The van der Waals surface area contributed by atoms with Gasteiger partial charge < -0.3 is 9.69 Å². The van der Waals surface area contributed by atoms with Crippen LogP contribution < -0.4 is 4.90 Å². The van der Waals surface area contributed by atoms with Gasteiger partial charge in [0.25, 0.3) is 0 Å². The lowest BCUT2D eigenvalue weighted by molar-refractivity contribution is -0.107. The molecule has 0 radical (unpaired) electrons. The lowest BCUT2D eigenvalue weighted by Crippen LogP contribution is -2.19. The van der Waals surface area contributed by atoms with Crippen LogP contribution in [0.5, 0.6) is 0 Å². The van der Waals surface area contributed by atoms with Crippen LogP contribution in [-0.2, 0) is 4.79 Å². The molecule has 0 aliphatic carbocycles. The molecule has 3 aromatic rings. The van der Waals surface area contributed by atoms with E-state index in [2.05, 4.69) is 21.8 Å². The number of carbonyl (C=O) groups is 1. The van der Waals surface area contributed by atoms with Crippen LogP contribution in [0.25, 0.3) is 5.65 Å². The topological polar surface area (TPSA) is 50.5 Å². The lowest BCUT2D eigenvalue weighted by atomic mass is 10.1. The molecule has 1 aliphatic heterocycles. The first-order valence-corrected chi connectivity index (χ1v) is 11.6. The standard InChI is InChI=1S/C20H26N4O.C6H4F2/c25-16-10-6-4-2-1-3-5-7-11-18-17-21-24-15-12-19(22-20(18)24)23-13-8-9-14-23;7-5-1-2-6(8)4-3-5/h12,15-17H,1-6,8-10,13-14H2;1-4H. The van der Waals surface area contributed by atoms with Crippen LogP contribution in [0, 0.1) is 23.5 Å². The number of benzene rings is 1. The zero-order valence-electron chi connectivity index (χ0n) is 18.9. The average Bonchev–Trinajstić information content (AvgIpc) is 3.50. The van der Waals surface area contributed by atoms with E-state index in [4.69, 9.17) is 4.98 Å². The highest BCUT2D eigenvalue weighted by molar-refractivity contribution is 5.59. The predicted octanol–water partition coefficient (Wildman–Crippen LogP) is 5.58. The summed E-state index contributed by atoms with van der Waals surface area (Å²) in [4.78, 5) is 17.3. The van der Waals surface area contributed by atoms with E-state index < -0.39 is 11.6 Å². The highest BCUT2D eigenvalue weighted by atomic mass is 19.1. The first-order valence-electron chi connectivity index (χ1n) is 11.6. The summed E-state index contributed by atoms with van der Waals surface area (Å²) in [6.07, 6.45) is 14.5. The minimum absolute atomic E-state index is 0.411. The summed E-state index contributed by atoms with van der Waals surface area (Å²) < 4.78 is 25.6. The molecule has 0 spiro atoms. The van der Waals surface area contributed by atoms with Gasteiger partial charge in [-0.25, -0.2) is 18.3 Å². The minimum atomic E-state index is -0.411. The number of nitrogens with zero attached hydrogens (tertiary/aromatic N) is 4. The van der Waals surface area contributed by atoms with Gasteiger partial charge >= 0.3 is 0 Å². The van der Waals surface area contributed by atoms with E-state index >= 15 is 0 Å². The third-order valence-electron chi connectivity index (χ3n) is 5.43. The number of halogens is 2. The van der Waals surface area contributed by atoms with E-state index in [1.807, 2.05) is 18.5 Å². The molecular weight excluding hydrogens is 422 g/mol. The molecular formula is C26H30F2N4O. The number of carbonyl (C=O) groups excluding carboxylic acids is 1. The molecule has 0 saturated carbocycles. The molecule has 2 aromatic heterocycles. The van der Waals surface area contributed by atoms with Crippen molar-refractivity contribution in [2.24, 2.45) is 0 Å². The van der Waals surface area contributed by atoms with Crippen molar-refractivity contribution in [3.05, 3.63) is 59.9 Å². The minimum Gasteiger partial charge on any atom is -0.357 e. The van der Waals surface area contributed by atoms with E-state index in [1.165, 1.54) is 25.7 Å². The monoisotopic (exact) mass is 452 g/mol. The Morgan fingerprint density at radius 3 is 2.30 bits per heavy atom. The first-order chi connectivity index (χ1) is 16.2. The van der Waals surface area contributed by atoms with Crippen molar-refractivity contribution in [3.8, 4) is 11.8 Å². The van der Waals surface area contributed by atoms with Gasteiger partial charge in [-0.2, -0.15) is 5.10 Å². The Morgan fingerprint density at radius 2 is 1.61 bits per heavy atom. The molecule has 0 bridgehead atoms. The molecule has 0 atom stereocenters. The number of rotatable bonds is 8. The van der Waals surface area contributed by atoms with Gasteiger partial charge in [-0.3, -0.25) is 0 Å². The third-order valence-corrected chi connectivity index (χ3v) is 5.43. The third kappa shape index (κ3) is 7.98. The molecule has 0 N–H and O–H groups in total. The second-order valence-electron chi connectivity index (χ2n) is 8.02. The molecule has 33 heavy (non-hydrogen) atoms. The van der Waals surface area contributed by atoms with Crippen molar-refractivity contribution in [1.29, 1.82) is 0 Å². The van der Waals surface area contributed by atoms with Crippen molar-refractivity contribution in [3.63, 3.8) is 0 Å². The Hall–Kier alpha value is -3.27. The Balaban J connectivity index is 0.000000323. The Kier molecular flexibility index (Phi) is 9.84. The maximum absolute atomic E-state index is 11.9. The van der Waals surface area contributed by atoms with Crippen LogP contribution in [0.15, 0.2) is 42.7 Å². The fraction of sp³-hybridized carbons (Fsp3) is 0.423. The van der Waals surface area contributed by atoms with Gasteiger partial charge in [0.15, 0.2) is 5.65 Å². The molecule has 1 fully saturated rings. The van der Waals surface area contributed by atoms with Crippen molar-refractivity contribution < 1.29 is 13.6 Å². The van der Waals surface area contributed by atoms with Crippen LogP contribution >= 0.6 is 0 Å². The molecule has 174 valence electrons. The molecule has 5 nitrogen and oxygen atoms in total. The van der Waals surface area contributed by atoms with Crippen LogP contribution in [0.3, 0.4) is 0 Å². The SMILES string of the molecule is Fc1ccc(F)cc1.O=CCCCCCCCC#Cc1cnn2ccc(N3CCCC3)nc12. The van der Waals surface area contributed by atoms with Gasteiger partial charge in [0, 0.05) is 32.1 Å². The zero-order valence-corrected chi connectivity index (χ0v) is 18.9. The Bertz CT molecular complexity index is 1040. The molecule has 1 aliphatic rings. The number of aromatic nitrogens is 3. The van der Waals surface area contributed by atoms with E-state index in [1.54, 1.807) is 4.52 Å². The highest BCUT2D eigenvalue weighted by Crippen LogP contribution is 2.19. The second kappa shape index (κ2) is 13.3. The quantitative estimate of drug-likeness (QED) is 0.255. The summed E-state index contributed by atoms with van der Waals surface area (Å²) in [5, 5.41) is 4.35. The Morgan fingerprint density at radius 1 is 0.939 bits per heavy atom. The van der Waals surface area contributed by atoms with E-state index in [-0.39, 0.29) is 0 Å². The van der Waals surface area contributed by atoms with Gasteiger partial charge in [0.2, 0.25) is 0 Å². The Labute approximate surface area is 193 Å². The number of fused-ring (bicyclic) bond motifs is 1. The fourth-order valence-electron chi connectivity index (χ4n) is 3.63. The molecule has 0 unspecified atom stereocenters. The van der Waals surface area contributed by atoms with E-state index in [0.29, 0.717) is 6.42 Å². The number of unbranched alkanes of at least 4 members (excludes halogenated alkanes) is 6. The second-order valence-corrected chi connectivity index (χ2v) is 8.02. The molecule has 1 saturated heterocycles. The van der Waals surface area contributed by atoms with Crippen LogP contribution in [0.2, 0.25) is 0 Å². The average molecular weight is 453 g/mol. The number of aldehydes is 1. The highest BCUT2D eigenvalue weighted by Gasteiger charge is 2.14. The normalized spacial score (nSPS) is 12.7. The van der Waals surface area contributed by atoms with Crippen molar-refractivity contribution in [1.82, 2.24) is 14.6 Å². The number of hydrogen-bond acceptors (Lipinski definition) is 4. The van der Waals surface area contributed by atoms with E-state index in [9.17, 15) is 13.6 Å². The smallest absolute Gasteiger partial charge is 0.172 e.